The van der Waals surface area contributed by atoms with Gasteiger partial charge in [0.05, 0.1) is 23.9 Å². The van der Waals surface area contributed by atoms with E-state index in [9.17, 15) is 13.2 Å². The fourth-order valence-corrected chi connectivity index (χ4v) is 5.86. The molecule has 0 unspecified atom stereocenters. The van der Waals surface area contributed by atoms with E-state index in [2.05, 4.69) is 10.5 Å². The zero-order chi connectivity index (χ0) is 28.2. The summed E-state index contributed by atoms with van der Waals surface area (Å²) in [6.45, 7) is 3.33. The molecule has 0 saturated heterocycles. The van der Waals surface area contributed by atoms with Crippen LogP contribution in [0.5, 0.6) is 5.75 Å². The number of halogens is 2. The lowest BCUT2D eigenvalue weighted by Gasteiger charge is -2.25. The average molecular weight is 586 g/mol. The molecule has 0 fully saturated rings. The SMILES string of the molecule is COc1ccc(Cl)cc1N(CC(=O)N/N=C\c1cc(C)n(-c2ccc(Cl)cc2)c1C)S(=O)(=O)c1ccccc1. The number of hydrogen-bond donors (Lipinski definition) is 1. The maximum atomic E-state index is 13.6. The van der Waals surface area contributed by atoms with Crippen molar-refractivity contribution < 1.29 is 17.9 Å². The average Bonchev–Trinajstić information content (AvgIpc) is 3.20. The first-order chi connectivity index (χ1) is 18.6. The second-order valence-corrected chi connectivity index (χ2v) is 11.3. The monoisotopic (exact) mass is 584 g/mol. The third-order valence-electron chi connectivity index (χ3n) is 5.98. The summed E-state index contributed by atoms with van der Waals surface area (Å²) in [6, 6.07) is 21.7. The molecule has 1 N–H and O–H groups in total. The molecule has 0 radical (unpaired) electrons. The fourth-order valence-electron chi connectivity index (χ4n) is 4.12. The van der Waals surface area contributed by atoms with Crippen LogP contribution in [0.4, 0.5) is 5.69 Å². The van der Waals surface area contributed by atoms with Crippen molar-refractivity contribution in [3.05, 3.63) is 106 Å². The highest BCUT2D eigenvalue weighted by molar-refractivity contribution is 7.92. The number of aromatic nitrogens is 1. The van der Waals surface area contributed by atoms with E-state index in [0.29, 0.717) is 5.02 Å². The van der Waals surface area contributed by atoms with E-state index in [-0.39, 0.29) is 21.4 Å². The van der Waals surface area contributed by atoms with Crippen LogP contribution in [0.25, 0.3) is 5.69 Å². The maximum Gasteiger partial charge on any atom is 0.264 e. The molecular formula is C28H26Cl2N4O4S. The van der Waals surface area contributed by atoms with Crippen molar-refractivity contribution >= 4 is 51.0 Å². The van der Waals surface area contributed by atoms with Crippen LogP contribution < -0.4 is 14.5 Å². The van der Waals surface area contributed by atoms with Crippen LogP contribution in [-0.4, -0.2) is 38.8 Å². The predicted molar refractivity (Wildman–Crippen MR) is 155 cm³/mol. The molecule has 1 amide bonds. The standard InChI is InChI=1S/C28H26Cl2N4O4S/c1-19-15-21(20(2)34(19)24-12-9-22(29)10-13-24)17-31-32-28(35)18-33(26-16-23(30)11-14-27(26)38-3)39(36,37)25-7-5-4-6-8-25/h4-17H,18H2,1-3H3,(H,32,35)/b31-17-. The number of carbonyl (C=O) groups is 1. The molecule has 0 atom stereocenters. The molecule has 202 valence electrons. The van der Waals surface area contributed by atoms with E-state index in [0.717, 1.165) is 26.9 Å². The Labute approximate surface area is 237 Å². The smallest absolute Gasteiger partial charge is 0.264 e. The van der Waals surface area contributed by atoms with Gasteiger partial charge in [0.25, 0.3) is 15.9 Å². The Morgan fingerprint density at radius 2 is 1.67 bits per heavy atom. The van der Waals surface area contributed by atoms with Crippen LogP contribution in [0.3, 0.4) is 0 Å². The molecule has 1 heterocycles. The Bertz CT molecular complexity index is 1620. The topological polar surface area (TPSA) is 93.0 Å². The van der Waals surface area contributed by atoms with E-state index < -0.39 is 22.5 Å². The fraction of sp³-hybridized carbons (Fsp3) is 0.143. The number of nitrogens with one attached hydrogen (secondary N) is 1. The van der Waals surface area contributed by atoms with E-state index >= 15 is 0 Å². The molecule has 0 saturated carbocycles. The normalized spacial score (nSPS) is 11.5. The minimum atomic E-state index is -4.15. The molecule has 8 nitrogen and oxygen atoms in total. The van der Waals surface area contributed by atoms with Crippen molar-refractivity contribution in [3.63, 3.8) is 0 Å². The largest absolute Gasteiger partial charge is 0.495 e. The van der Waals surface area contributed by atoms with Crippen molar-refractivity contribution in [1.29, 1.82) is 0 Å². The third-order valence-corrected chi connectivity index (χ3v) is 8.24. The van der Waals surface area contributed by atoms with Gasteiger partial charge in [-0.1, -0.05) is 41.4 Å². The maximum absolute atomic E-state index is 13.6. The van der Waals surface area contributed by atoms with Gasteiger partial charge in [-0.25, -0.2) is 13.8 Å². The second-order valence-electron chi connectivity index (χ2n) is 8.57. The molecule has 4 aromatic rings. The van der Waals surface area contributed by atoms with Gasteiger partial charge < -0.3 is 9.30 Å². The first-order valence-corrected chi connectivity index (χ1v) is 14.0. The second kappa shape index (κ2) is 11.9. The highest BCUT2D eigenvalue weighted by atomic mass is 35.5. The van der Waals surface area contributed by atoms with Crippen LogP contribution in [-0.2, 0) is 14.8 Å². The first-order valence-electron chi connectivity index (χ1n) is 11.8. The minimum absolute atomic E-state index is 0.0120. The van der Waals surface area contributed by atoms with Gasteiger partial charge in [0.2, 0.25) is 0 Å². The zero-order valence-electron chi connectivity index (χ0n) is 21.4. The zero-order valence-corrected chi connectivity index (χ0v) is 23.8. The Morgan fingerprint density at radius 1 is 1.00 bits per heavy atom. The Kier molecular flexibility index (Phi) is 8.64. The molecule has 0 aliphatic heterocycles. The first kappa shape index (κ1) is 28.2. The number of carbonyl (C=O) groups excluding carboxylic acids is 1. The summed E-state index contributed by atoms with van der Waals surface area (Å²) >= 11 is 12.2. The lowest BCUT2D eigenvalue weighted by atomic mass is 10.2. The molecular weight excluding hydrogens is 559 g/mol. The molecule has 0 spiro atoms. The number of hydrazone groups is 1. The summed E-state index contributed by atoms with van der Waals surface area (Å²) in [5.41, 5.74) is 6.16. The summed E-state index contributed by atoms with van der Waals surface area (Å²) < 4.78 is 35.5. The van der Waals surface area contributed by atoms with Gasteiger partial charge >= 0.3 is 0 Å². The summed E-state index contributed by atoms with van der Waals surface area (Å²) in [7, 11) is -2.74. The van der Waals surface area contributed by atoms with E-state index in [4.69, 9.17) is 27.9 Å². The molecule has 4 rings (SSSR count). The Morgan fingerprint density at radius 3 is 2.33 bits per heavy atom. The van der Waals surface area contributed by atoms with E-state index in [1.165, 1.54) is 37.6 Å². The number of sulfonamides is 1. The quantitative estimate of drug-likeness (QED) is 0.200. The van der Waals surface area contributed by atoms with Gasteiger partial charge in [0.1, 0.15) is 12.3 Å². The van der Waals surface area contributed by atoms with Crippen molar-refractivity contribution in [2.24, 2.45) is 5.10 Å². The summed E-state index contributed by atoms with van der Waals surface area (Å²) in [5, 5.41) is 5.02. The molecule has 3 aromatic carbocycles. The van der Waals surface area contributed by atoms with Crippen LogP contribution in [0.1, 0.15) is 17.0 Å². The van der Waals surface area contributed by atoms with Crippen molar-refractivity contribution in [2.75, 3.05) is 18.0 Å². The predicted octanol–water partition coefficient (Wildman–Crippen LogP) is 5.76. The summed E-state index contributed by atoms with van der Waals surface area (Å²) in [4.78, 5) is 13.0. The van der Waals surface area contributed by atoms with Crippen LogP contribution in [0.2, 0.25) is 10.0 Å². The number of anilines is 1. The number of nitrogens with zero attached hydrogens (tertiary/aromatic N) is 3. The number of ether oxygens (including phenoxy) is 1. The minimum Gasteiger partial charge on any atom is -0.495 e. The van der Waals surface area contributed by atoms with Crippen LogP contribution >= 0.6 is 23.2 Å². The number of hydrogen-bond acceptors (Lipinski definition) is 5. The third kappa shape index (κ3) is 6.27. The Balaban J connectivity index is 1.59. The lowest BCUT2D eigenvalue weighted by molar-refractivity contribution is -0.119. The molecule has 0 aliphatic carbocycles. The highest BCUT2D eigenvalue weighted by Crippen LogP contribution is 2.34. The van der Waals surface area contributed by atoms with Crippen molar-refractivity contribution in [2.45, 2.75) is 18.7 Å². The molecule has 0 aliphatic rings. The van der Waals surface area contributed by atoms with Gasteiger partial charge in [-0.3, -0.25) is 9.10 Å². The van der Waals surface area contributed by atoms with Crippen LogP contribution in [0.15, 0.2) is 88.9 Å². The molecule has 39 heavy (non-hydrogen) atoms. The van der Waals surface area contributed by atoms with Crippen LogP contribution in [0, 0.1) is 13.8 Å². The highest BCUT2D eigenvalue weighted by Gasteiger charge is 2.29. The van der Waals surface area contributed by atoms with Crippen molar-refractivity contribution in [3.8, 4) is 11.4 Å². The number of methoxy groups -OCH3 is 1. The molecule has 0 bridgehead atoms. The van der Waals surface area contributed by atoms with Crippen molar-refractivity contribution in [1.82, 2.24) is 9.99 Å². The van der Waals surface area contributed by atoms with Gasteiger partial charge in [-0.2, -0.15) is 5.10 Å². The summed E-state index contributed by atoms with van der Waals surface area (Å²) in [6.07, 6.45) is 1.52. The van der Waals surface area contributed by atoms with E-state index in [1.807, 2.05) is 48.7 Å². The number of amides is 1. The van der Waals surface area contributed by atoms with Gasteiger partial charge in [-0.05, 0) is 74.5 Å². The summed E-state index contributed by atoms with van der Waals surface area (Å²) in [5.74, 6) is -0.413. The Hall–Kier alpha value is -3.79. The van der Waals surface area contributed by atoms with Gasteiger partial charge in [0, 0.05) is 32.7 Å². The van der Waals surface area contributed by atoms with Gasteiger partial charge in [0.15, 0.2) is 0 Å². The number of rotatable bonds is 9. The number of aryl methyl sites for hydroxylation is 1. The van der Waals surface area contributed by atoms with Gasteiger partial charge in [-0.15, -0.1) is 0 Å². The lowest BCUT2D eigenvalue weighted by Crippen LogP contribution is -2.39. The molecule has 1 aromatic heterocycles. The molecule has 11 heteroatoms. The van der Waals surface area contributed by atoms with E-state index in [1.54, 1.807) is 24.3 Å². The number of benzene rings is 3.